The van der Waals surface area contributed by atoms with Crippen LogP contribution in [0.1, 0.15) is 50.8 Å². The summed E-state index contributed by atoms with van der Waals surface area (Å²) in [4.78, 5) is 8.08. The highest BCUT2D eigenvalue weighted by molar-refractivity contribution is 9.10. The van der Waals surface area contributed by atoms with Gasteiger partial charge in [0.05, 0.1) is 5.69 Å². The second-order valence-corrected chi connectivity index (χ2v) is 5.78. The molecule has 0 bridgehead atoms. The number of nitrogens with zero attached hydrogens (tertiary/aromatic N) is 2. The Balaban J connectivity index is 2.59. The molecule has 4 heteroatoms. The van der Waals surface area contributed by atoms with Gasteiger partial charge >= 0.3 is 0 Å². The first-order valence-electron chi connectivity index (χ1n) is 5.13. The van der Waals surface area contributed by atoms with E-state index in [2.05, 4.69) is 25.9 Å². The van der Waals surface area contributed by atoms with Crippen LogP contribution < -0.4 is 0 Å². The van der Waals surface area contributed by atoms with Crippen molar-refractivity contribution in [3.8, 4) is 0 Å². The van der Waals surface area contributed by atoms with E-state index < -0.39 is 0 Å². The molecule has 15 heavy (non-hydrogen) atoms. The molecule has 0 radical (unpaired) electrons. The summed E-state index contributed by atoms with van der Waals surface area (Å²) < 4.78 is 14.1. The zero-order chi connectivity index (χ0) is 11.2. The molecule has 1 aliphatic carbocycles. The highest BCUT2D eigenvalue weighted by atomic mass is 79.9. The van der Waals surface area contributed by atoms with Gasteiger partial charge in [-0.3, -0.25) is 0 Å². The molecule has 0 unspecified atom stereocenters. The molecule has 1 aromatic rings. The highest BCUT2D eigenvalue weighted by Gasteiger charge is 2.34. The van der Waals surface area contributed by atoms with E-state index in [4.69, 9.17) is 0 Å². The van der Waals surface area contributed by atoms with Gasteiger partial charge in [-0.1, -0.05) is 20.8 Å². The summed E-state index contributed by atoms with van der Waals surface area (Å²) >= 11 is 3.15. The second-order valence-electron chi connectivity index (χ2n) is 5.07. The van der Waals surface area contributed by atoms with E-state index in [1.54, 1.807) is 0 Å². The Morgan fingerprint density at radius 1 is 1.27 bits per heavy atom. The molecule has 0 aliphatic heterocycles. The number of aromatic nitrogens is 2. The molecule has 1 aromatic heterocycles. The maximum atomic E-state index is 13.8. The Kier molecular flexibility index (Phi) is 2.57. The van der Waals surface area contributed by atoms with Crippen LogP contribution in [0.2, 0.25) is 0 Å². The van der Waals surface area contributed by atoms with Crippen LogP contribution in [0.4, 0.5) is 4.39 Å². The van der Waals surface area contributed by atoms with Crippen LogP contribution in [0.5, 0.6) is 0 Å². The van der Waals surface area contributed by atoms with Gasteiger partial charge in [-0.05, 0) is 34.7 Å². The monoisotopic (exact) mass is 272 g/mol. The first-order valence-corrected chi connectivity index (χ1v) is 5.92. The van der Waals surface area contributed by atoms with E-state index in [9.17, 15) is 4.39 Å². The Morgan fingerprint density at radius 3 is 2.33 bits per heavy atom. The average molecular weight is 273 g/mol. The molecule has 82 valence electrons. The SMILES string of the molecule is CC(C)(C)c1nc(Br)nc(F)c1C1CC1. The van der Waals surface area contributed by atoms with Crippen LogP contribution in [0.25, 0.3) is 0 Å². The smallest absolute Gasteiger partial charge is 0.220 e. The quantitative estimate of drug-likeness (QED) is 0.577. The molecule has 0 atom stereocenters. The van der Waals surface area contributed by atoms with Gasteiger partial charge in [-0.15, -0.1) is 0 Å². The molecular formula is C11H14BrFN2. The fourth-order valence-corrected chi connectivity index (χ4v) is 2.05. The van der Waals surface area contributed by atoms with E-state index in [1.165, 1.54) is 0 Å². The van der Waals surface area contributed by atoms with Gasteiger partial charge in [0.2, 0.25) is 5.95 Å². The normalized spacial score (nSPS) is 16.9. The molecule has 0 N–H and O–H groups in total. The number of hydrogen-bond donors (Lipinski definition) is 0. The van der Waals surface area contributed by atoms with Crippen LogP contribution >= 0.6 is 15.9 Å². The molecule has 0 saturated heterocycles. The van der Waals surface area contributed by atoms with E-state index in [1.807, 2.05) is 20.8 Å². The molecule has 0 spiro atoms. The fourth-order valence-electron chi connectivity index (χ4n) is 1.72. The Bertz CT molecular complexity index is 394. The predicted molar refractivity (Wildman–Crippen MR) is 60.4 cm³/mol. The number of halogens is 2. The maximum absolute atomic E-state index is 13.8. The van der Waals surface area contributed by atoms with Gasteiger partial charge in [0.1, 0.15) is 0 Å². The lowest BCUT2D eigenvalue weighted by Gasteiger charge is -2.21. The van der Waals surface area contributed by atoms with E-state index >= 15 is 0 Å². The third kappa shape index (κ3) is 2.19. The van der Waals surface area contributed by atoms with Gasteiger partial charge < -0.3 is 0 Å². The summed E-state index contributed by atoms with van der Waals surface area (Å²) in [6.45, 7) is 6.15. The number of hydrogen-bond acceptors (Lipinski definition) is 2. The minimum atomic E-state index is -0.357. The van der Waals surface area contributed by atoms with Crippen molar-refractivity contribution >= 4 is 15.9 Å². The Labute approximate surface area is 97.5 Å². The van der Waals surface area contributed by atoms with Crippen molar-refractivity contribution in [3.05, 3.63) is 21.9 Å². The zero-order valence-electron chi connectivity index (χ0n) is 9.14. The molecule has 1 saturated carbocycles. The van der Waals surface area contributed by atoms with Crippen molar-refractivity contribution in [2.45, 2.75) is 44.9 Å². The fraction of sp³-hybridized carbons (Fsp3) is 0.636. The highest BCUT2D eigenvalue weighted by Crippen LogP contribution is 2.44. The molecule has 0 amide bonds. The third-order valence-electron chi connectivity index (χ3n) is 2.57. The second kappa shape index (κ2) is 3.51. The van der Waals surface area contributed by atoms with Crippen molar-refractivity contribution in [2.75, 3.05) is 0 Å². The molecule has 1 heterocycles. The van der Waals surface area contributed by atoms with Gasteiger partial charge in [0.25, 0.3) is 0 Å². The predicted octanol–water partition coefficient (Wildman–Crippen LogP) is 3.55. The van der Waals surface area contributed by atoms with Crippen LogP contribution in [0.3, 0.4) is 0 Å². The first-order chi connectivity index (χ1) is 6.89. The van der Waals surface area contributed by atoms with Crippen molar-refractivity contribution in [2.24, 2.45) is 0 Å². The van der Waals surface area contributed by atoms with E-state index in [-0.39, 0.29) is 11.4 Å². The molecule has 1 aliphatic rings. The summed E-state index contributed by atoms with van der Waals surface area (Å²) in [5, 5.41) is 0. The van der Waals surface area contributed by atoms with Crippen molar-refractivity contribution in [3.63, 3.8) is 0 Å². The summed E-state index contributed by atoms with van der Waals surface area (Å²) in [5.74, 6) is -0.0170. The van der Waals surface area contributed by atoms with Gasteiger partial charge in [-0.2, -0.15) is 9.37 Å². The molecule has 1 fully saturated rings. The standard InChI is InChI=1S/C11H14BrFN2/c1-11(2,3)8-7(6-4-5-6)9(13)15-10(12)14-8/h6H,4-5H2,1-3H3. The average Bonchev–Trinajstić information content (AvgIpc) is 2.84. The molecule has 2 nitrogen and oxygen atoms in total. The summed E-state index contributed by atoms with van der Waals surface area (Å²) in [5.41, 5.74) is 1.43. The lowest BCUT2D eigenvalue weighted by molar-refractivity contribution is 0.508. The molecule has 0 aromatic carbocycles. The Morgan fingerprint density at radius 2 is 1.87 bits per heavy atom. The lowest BCUT2D eigenvalue weighted by Crippen LogP contribution is -2.19. The minimum Gasteiger partial charge on any atom is -0.226 e. The van der Waals surface area contributed by atoms with Crippen molar-refractivity contribution in [1.82, 2.24) is 9.97 Å². The van der Waals surface area contributed by atoms with E-state index in [0.29, 0.717) is 10.7 Å². The van der Waals surface area contributed by atoms with Crippen LogP contribution in [0.15, 0.2) is 4.73 Å². The van der Waals surface area contributed by atoms with Gasteiger partial charge in [-0.25, -0.2) is 4.98 Å². The topological polar surface area (TPSA) is 25.8 Å². The molecule has 2 rings (SSSR count). The van der Waals surface area contributed by atoms with Gasteiger partial charge in [0.15, 0.2) is 4.73 Å². The van der Waals surface area contributed by atoms with Crippen molar-refractivity contribution < 1.29 is 4.39 Å². The first kappa shape index (κ1) is 11.0. The van der Waals surface area contributed by atoms with E-state index in [0.717, 1.165) is 24.1 Å². The van der Waals surface area contributed by atoms with Crippen LogP contribution in [0, 0.1) is 5.95 Å². The summed E-state index contributed by atoms with van der Waals surface area (Å²) in [6, 6.07) is 0. The lowest BCUT2D eigenvalue weighted by atomic mass is 9.87. The summed E-state index contributed by atoms with van der Waals surface area (Å²) in [6.07, 6.45) is 2.12. The van der Waals surface area contributed by atoms with Gasteiger partial charge in [0, 0.05) is 11.0 Å². The number of rotatable bonds is 1. The third-order valence-corrected chi connectivity index (χ3v) is 2.92. The van der Waals surface area contributed by atoms with Crippen molar-refractivity contribution in [1.29, 1.82) is 0 Å². The summed E-state index contributed by atoms with van der Waals surface area (Å²) in [7, 11) is 0. The molecular weight excluding hydrogens is 259 g/mol. The minimum absolute atomic E-state index is 0.135. The largest absolute Gasteiger partial charge is 0.226 e. The zero-order valence-corrected chi connectivity index (χ0v) is 10.7. The van der Waals surface area contributed by atoms with Crippen LogP contribution in [-0.2, 0) is 5.41 Å². The Hall–Kier alpha value is -0.510. The van der Waals surface area contributed by atoms with Crippen LogP contribution in [-0.4, -0.2) is 9.97 Å². The maximum Gasteiger partial charge on any atom is 0.220 e.